The van der Waals surface area contributed by atoms with Gasteiger partial charge in [0.15, 0.2) is 0 Å². The second-order valence-electron chi connectivity index (χ2n) is 4.56. The molecule has 0 aromatic carbocycles. The summed E-state index contributed by atoms with van der Waals surface area (Å²) >= 11 is 3.55. The first-order valence-corrected chi connectivity index (χ1v) is 6.28. The highest BCUT2D eigenvalue weighted by Gasteiger charge is 2.18. The van der Waals surface area contributed by atoms with Crippen LogP contribution < -0.4 is 5.32 Å². The summed E-state index contributed by atoms with van der Waals surface area (Å²) in [6.07, 6.45) is 0. The Morgan fingerprint density at radius 2 is 2.12 bits per heavy atom. The van der Waals surface area contributed by atoms with Crippen LogP contribution in [0, 0.1) is 6.92 Å². The lowest BCUT2D eigenvalue weighted by Gasteiger charge is -2.23. The molecule has 1 aromatic heterocycles. The summed E-state index contributed by atoms with van der Waals surface area (Å²) in [6, 6.07) is 0. The van der Waals surface area contributed by atoms with Gasteiger partial charge >= 0.3 is 0 Å². The molecule has 0 saturated carbocycles. The van der Waals surface area contributed by atoms with Crippen LogP contribution >= 0.6 is 15.9 Å². The fraction of sp³-hybridized carbons (Fsp3) is 0.727. The van der Waals surface area contributed by atoms with Gasteiger partial charge in [-0.25, -0.2) is 0 Å². The number of aliphatic hydroxyl groups is 1. The van der Waals surface area contributed by atoms with E-state index in [0.717, 1.165) is 22.4 Å². The van der Waals surface area contributed by atoms with E-state index in [1.165, 1.54) is 0 Å². The van der Waals surface area contributed by atoms with Crippen molar-refractivity contribution in [1.82, 2.24) is 15.1 Å². The molecule has 5 heteroatoms. The van der Waals surface area contributed by atoms with Crippen LogP contribution in [0.1, 0.15) is 32.2 Å². The monoisotopic (exact) mass is 289 g/mol. The van der Waals surface area contributed by atoms with E-state index in [1.54, 1.807) is 0 Å². The number of rotatable bonds is 5. The maximum Gasteiger partial charge on any atom is 0.0739 e. The van der Waals surface area contributed by atoms with Gasteiger partial charge in [-0.05, 0) is 43.6 Å². The summed E-state index contributed by atoms with van der Waals surface area (Å²) in [5, 5.41) is 16.9. The van der Waals surface area contributed by atoms with E-state index >= 15 is 0 Å². The third kappa shape index (κ3) is 3.06. The largest absolute Gasteiger partial charge is 0.394 e. The standard InChI is InChI=1S/C11H20BrN3O/c1-5-15-9(10(12)8(2)14-15)6-13-11(3,4)7-16/h13,16H,5-7H2,1-4H3. The minimum atomic E-state index is -0.268. The van der Waals surface area contributed by atoms with Crippen LogP contribution in [0.15, 0.2) is 4.47 Å². The van der Waals surface area contributed by atoms with Crippen LogP contribution in [0.4, 0.5) is 0 Å². The molecule has 2 N–H and O–H groups in total. The van der Waals surface area contributed by atoms with Gasteiger partial charge in [0.1, 0.15) is 0 Å². The molecule has 0 amide bonds. The van der Waals surface area contributed by atoms with Crippen LogP contribution in [0.2, 0.25) is 0 Å². The van der Waals surface area contributed by atoms with Gasteiger partial charge in [-0.3, -0.25) is 4.68 Å². The Morgan fingerprint density at radius 1 is 1.50 bits per heavy atom. The Morgan fingerprint density at radius 3 is 2.62 bits per heavy atom. The second-order valence-corrected chi connectivity index (χ2v) is 5.35. The summed E-state index contributed by atoms with van der Waals surface area (Å²) in [6.45, 7) is 9.66. The van der Waals surface area contributed by atoms with Crippen molar-refractivity contribution in [2.45, 2.75) is 46.3 Å². The molecule has 0 spiro atoms. The number of nitrogens with one attached hydrogen (secondary N) is 1. The average Bonchev–Trinajstić information content (AvgIpc) is 2.52. The molecule has 1 aromatic rings. The van der Waals surface area contributed by atoms with E-state index in [9.17, 15) is 5.11 Å². The van der Waals surface area contributed by atoms with E-state index in [4.69, 9.17) is 0 Å². The number of aliphatic hydroxyl groups excluding tert-OH is 1. The van der Waals surface area contributed by atoms with E-state index in [2.05, 4.69) is 33.3 Å². The van der Waals surface area contributed by atoms with Gasteiger partial charge in [0.05, 0.1) is 22.5 Å². The lowest BCUT2D eigenvalue weighted by atomic mass is 10.1. The third-order valence-corrected chi connectivity index (χ3v) is 3.61. The zero-order valence-electron chi connectivity index (χ0n) is 10.3. The van der Waals surface area contributed by atoms with Gasteiger partial charge in [0.2, 0.25) is 0 Å². The van der Waals surface area contributed by atoms with Crippen LogP contribution in [0.25, 0.3) is 0 Å². The Balaban J connectivity index is 2.81. The van der Waals surface area contributed by atoms with Crippen molar-refractivity contribution >= 4 is 15.9 Å². The number of aryl methyl sites for hydroxylation is 2. The normalized spacial score (nSPS) is 12.1. The van der Waals surface area contributed by atoms with Crippen LogP contribution in [0.5, 0.6) is 0 Å². The van der Waals surface area contributed by atoms with E-state index in [-0.39, 0.29) is 12.1 Å². The molecule has 0 aliphatic heterocycles. The zero-order chi connectivity index (χ0) is 12.3. The van der Waals surface area contributed by atoms with Crippen LogP contribution in [-0.2, 0) is 13.1 Å². The molecule has 0 fully saturated rings. The highest BCUT2D eigenvalue weighted by Crippen LogP contribution is 2.21. The summed E-state index contributed by atoms with van der Waals surface area (Å²) in [5.41, 5.74) is 1.86. The molecule has 0 saturated heterocycles. The lowest BCUT2D eigenvalue weighted by Crippen LogP contribution is -2.42. The van der Waals surface area contributed by atoms with Gasteiger partial charge < -0.3 is 10.4 Å². The van der Waals surface area contributed by atoms with Gasteiger partial charge in [0, 0.05) is 18.6 Å². The molecule has 0 aliphatic carbocycles. The molecule has 0 radical (unpaired) electrons. The number of aromatic nitrogens is 2. The van der Waals surface area contributed by atoms with Crippen molar-refractivity contribution in [3.8, 4) is 0 Å². The number of nitrogens with zero attached hydrogens (tertiary/aromatic N) is 2. The smallest absolute Gasteiger partial charge is 0.0739 e. The molecule has 1 heterocycles. The van der Waals surface area contributed by atoms with E-state index < -0.39 is 0 Å². The Hall–Kier alpha value is -0.390. The molecule has 0 unspecified atom stereocenters. The minimum Gasteiger partial charge on any atom is -0.394 e. The quantitative estimate of drug-likeness (QED) is 0.870. The molecule has 16 heavy (non-hydrogen) atoms. The maximum absolute atomic E-state index is 9.18. The molecule has 4 nitrogen and oxygen atoms in total. The molecule has 0 aliphatic rings. The predicted molar refractivity (Wildman–Crippen MR) is 68.3 cm³/mol. The minimum absolute atomic E-state index is 0.115. The lowest BCUT2D eigenvalue weighted by molar-refractivity contribution is 0.186. The van der Waals surface area contributed by atoms with Gasteiger partial charge in [-0.1, -0.05) is 0 Å². The summed E-state index contributed by atoms with van der Waals surface area (Å²) in [5.74, 6) is 0. The van der Waals surface area contributed by atoms with Crippen molar-refractivity contribution in [2.24, 2.45) is 0 Å². The zero-order valence-corrected chi connectivity index (χ0v) is 11.9. The highest BCUT2D eigenvalue weighted by molar-refractivity contribution is 9.10. The molecule has 0 bridgehead atoms. The van der Waals surface area contributed by atoms with E-state index in [1.807, 2.05) is 25.5 Å². The fourth-order valence-corrected chi connectivity index (χ4v) is 1.84. The van der Waals surface area contributed by atoms with Gasteiger partial charge in [-0.2, -0.15) is 5.10 Å². The Bertz CT molecular complexity index is 360. The molecule has 92 valence electrons. The third-order valence-electron chi connectivity index (χ3n) is 2.58. The first-order chi connectivity index (χ1) is 7.41. The number of hydrogen-bond donors (Lipinski definition) is 2. The summed E-state index contributed by atoms with van der Waals surface area (Å²) < 4.78 is 3.02. The fourth-order valence-electron chi connectivity index (χ4n) is 1.42. The average molecular weight is 290 g/mol. The first kappa shape index (κ1) is 13.7. The Kier molecular flexibility index (Phi) is 4.52. The van der Waals surface area contributed by atoms with Gasteiger partial charge in [0.25, 0.3) is 0 Å². The van der Waals surface area contributed by atoms with Crippen LogP contribution in [-0.4, -0.2) is 27.0 Å². The van der Waals surface area contributed by atoms with E-state index in [0.29, 0.717) is 6.54 Å². The molecular weight excluding hydrogens is 270 g/mol. The van der Waals surface area contributed by atoms with Crippen molar-refractivity contribution in [2.75, 3.05) is 6.61 Å². The first-order valence-electron chi connectivity index (χ1n) is 5.49. The number of hydrogen-bond acceptors (Lipinski definition) is 3. The molecule has 0 atom stereocenters. The molecular formula is C11H20BrN3O. The predicted octanol–water partition coefficient (Wildman–Crippen LogP) is 1.83. The highest BCUT2D eigenvalue weighted by atomic mass is 79.9. The van der Waals surface area contributed by atoms with Crippen molar-refractivity contribution in [3.63, 3.8) is 0 Å². The number of halogens is 1. The maximum atomic E-state index is 9.18. The summed E-state index contributed by atoms with van der Waals surface area (Å²) in [4.78, 5) is 0. The van der Waals surface area contributed by atoms with Crippen LogP contribution in [0.3, 0.4) is 0 Å². The van der Waals surface area contributed by atoms with Crippen molar-refractivity contribution in [3.05, 3.63) is 15.9 Å². The van der Waals surface area contributed by atoms with Crippen molar-refractivity contribution in [1.29, 1.82) is 0 Å². The van der Waals surface area contributed by atoms with Crippen molar-refractivity contribution < 1.29 is 5.11 Å². The summed E-state index contributed by atoms with van der Waals surface area (Å²) in [7, 11) is 0. The second kappa shape index (κ2) is 5.29. The Labute approximate surface area is 105 Å². The molecule has 1 rings (SSSR count). The van der Waals surface area contributed by atoms with Gasteiger partial charge in [-0.15, -0.1) is 0 Å². The SMILES string of the molecule is CCn1nc(C)c(Br)c1CNC(C)(C)CO. The topological polar surface area (TPSA) is 50.1 Å².